The molecule has 10 rings (SSSR count). The SMILES string of the molecule is N#Cc1cc(-c2nc(-c3ccccc3)nc(-c3ccccc3)n2)cc(C#N)c1-n1c2ccccc2c2cc3c(cc21)Oc1ccccc1N3c1ccccc1. The van der Waals surface area contributed by atoms with Crippen LogP contribution in [0.5, 0.6) is 11.5 Å². The molecule has 0 spiro atoms. The lowest BCUT2D eigenvalue weighted by atomic mass is 10.0. The maximum atomic E-state index is 10.8. The van der Waals surface area contributed by atoms with Crippen molar-refractivity contribution in [2.45, 2.75) is 0 Å². The van der Waals surface area contributed by atoms with E-state index < -0.39 is 0 Å². The maximum absolute atomic E-state index is 10.8. The van der Waals surface area contributed by atoms with Crippen molar-refractivity contribution in [2.24, 2.45) is 0 Å². The van der Waals surface area contributed by atoms with Crippen LogP contribution in [-0.4, -0.2) is 19.5 Å². The van der Waals surface area contributed by atoms with Gasteiger partial charge in [-0.3, -0.25) is 0 Å². The molecule has 0 fully saturated rings. The predicted molar refractivity (Wildman–Crippen MR) is 215 cm³/mol. The van der Waals surface area contributed by atoms with Crippen LogP contribution in [0, 0.1) is 22.7 Å². The van der Waals surface area contributed by atoms with Crippen LogP contribution < -0.4 is 9.64 Å². The molecule has 0 atom stereocenters. The van der Waals surface area contributed by atoms with Crippen molar-refractivity contribution in [3.8, 4) is 63.5 Å². The highest BCUT2D eigenvalue weighted by molar-refractivity contribution is 6.12. The monoisotopic (exact) mass is 705 g/mol. The summed E-state index contributed by atoms with van der Waals surface area (Å²) in [6, 6.07) is 58.1. The van der Waals surface area contributed by atoms with Crippen LogP contribution in [0.3, 0.4) is 0 Å². The zero-order valence-corrected chi connectivity index (χ0v) is 29.1. The molecule has 0 unspecified atom stereocenters. The topological polar surface area (TPSA) is 104 Å². The summed E-state index contributed by atoms with van der Waals surface area (Å²) >= 11 is 0. The molecule has 0 bridgehead atoms. The van der Waals surface area contributed by atoms with Gasteiger partial charge in [-0.25, -0.2) is 15.0 Å². The maximum Gasteiger partial charge on any atom is 0.164 e. The van der Waals surface area contributed by atoms with E-state index in [4.69, 9.17) is 19.7 Å². The normalized spacial score (nSPS) is 11.7. The Bertz CT molecular complexity index is 2940. The van der Waals surface area contributed by atoms with Gasteiger partial charge in [-0.2, -0.15) is 10.5 Å². The molecule has 0 aliphatic carbocycles. The zero-order valence-electron chi connectivity index (χ0n) is 29.1. The summed E-state index contributed by atoms with van der Waals surface area (Å²) < 4.78 is 8.60. The lowest BCUT2D eigenvalue weighted by molar-refractivity contribution is 0.477. The Morgan fingerprint density at radius 1 is 0.455 bits per heavy atom. The summed E-state index contributed by atoms with van der Waals surface area (Å²) in [7, 11) is 0. The average molecular weight is 706 g/mol. The Morgan fingerprint density at radius 3 is 1.64 bits per heavy atom. The molecule has 256 valence electrons. The van der Waals surface area contributed by atoms with Crippen LogP contribution >= 0.6 is 0 Å². The standard InChI is InChI=1S/C47H27N7O/c48-28-33-24-32(47-51-45(30-14-4-1-5-15-30)50-46(52-47)31-16-6-2-7-17-31)25-34(29-49)44(33)54-38-21-11-10-20-36(38)37-26-41-43(27-40(37)54)55-42-23-13-12-22-39(42)53(41)35-18-8-3-9-19-35/h1-27H. The fourth-order valence-electron chi connectivity index (χ4n) is 7.43. The highest BCUT2D eigenvalue weighted by atomic mass is 16.5. The van der Waals surface area contributed by atoms with E-state index in [2.05, 4.69) is 47.4 Å². The zero-order chi connectivity index (χ0) is 36.9. The number of nitrogens with zero attached hydrogens (tertiary/aromatic N) is 7. The molecular weight excluding hydrogens is 679 g/mol. The number of rotatable bonds is 5. The Morgan fingerprint density at radius 2 is 1.00 bits per heavy atom. The number of para-hydroxylation sites is 4. The van der Waals surface area contributed by atoms with Gasteiger partial charge in [0.25, 0.3) is 0 Å². The van der Waals surface area contributed by atoms with E-state index in [0.29, 0.717) is 45.6 Å². The van der Waals surface area contributed by atoms with Gasteiger partial charge in [0.15, 0.2) is 29.0 Å². The number of benzene rings is 7. The molecule has 8 nitrogen and oxygen atoms in total. The summed E-state index contributed by atoms with van der Waals surface area (Å²) in [5.74, 6) is 2.71. The first-order valence-electron chi connectivity index (χ1n) is 17.7. The number of ether oxygens (including phenoxy) is 1. The molecule has 1 aliphatic heterocycles. The quantitative estimate of drug-likeness (QED) is 0.175. The predicted octanol–water partition coefficient (Wildman–Crippen LogP) is 11.3. The van der Waals surface area contributed by atoms with Crippen molar-refractivity contribution in [1.82, 2.24) is 19.5 Å². The van der Waals surface area contributed by atoms with E-state index in [1.54, 1.807) is 12.1 Å². The number of hydrogen-bond donors (Lipinski definition) is 0. The van der Waals surface area contributed by atoms with Crippen molar-refractivity contribution in [2.75, 3.05) is 4.90 Å². The minimum absolute atomic E-state index is 0.300. The number of anilines is 3. The first kappa shape index (κ1) is 31.6. The van der Waals surface area contributed by atoms with Crippen molar-refractivity contribution in [1.29, 1.82) is 10.5 Å². The molecule has 0 N–H and O–H groups in total. The Kier molecular flexibility index (Phi) is 7.40. The largest absolute Gasteiger partial charge is 0.453 e. The highest BCUT2D eigenvalue weighted by Gasteiger charge is 2.29. The van der Waals surface area contributed by atoms with Gasteiger partial charge >= 0.3 is 0 Å². The van der Waals surface area contributed by atoms with E-state index >= 15 is 0 Å². The number of hydrogen-bond acceptors (Lipinski definition) is 7. The molecule has 9 aromatic rings. The Balaban J connectivity index is 1.20. The van der Waals surface area contributed by atoms with Gasteiger partial charge in [0, 0.05) is 39.2 Å². The van der Waals surface area contributed by atoms with Crippen molar-refractivity contribution in [3.63, 3.8) is 0 Å². The van der Waals surface area contributed by atoms with Crippen molar-refractivity contribution >= 4 is 38.9 Å². The fourth-order valence-corrected chi connectivity index (χ4v) is 7.43. The van der Waals surface area contributed by atoms with Gasteiger partial charge in [-0.05, 0) is 48.5 Å². The molecule has 7 aromatic carbocycles. The van der Waals surface area contributed by atoms with Gasteiger partial charge in [-0.15, -0.1) is 0 Å². The number of aromatic nitrogens is 4. The molecule has 55 heavy (non-hydrogen) atoms. The van der Waals surface area contributed by atoms with Gasteiger partial charge in [0.05, 0.1) is 39.2 Å². The minimum atomic E-state index is 0.300. The summed E-state index contributed by atoms with van der Waals surface area (Å²) in [6.07, 6.45) is 0. The third-order valence-electron chi connectivity index (χ3n) is 9.87. The molecule has 0 radical (unpaired) electrons. The average Bonchev–Trinajstić information content (AvgIpc) is 3.57. The van der Waals surface area contributed by atoms with Gasteiger partial charge < -0.3 is 14.2 Å². The van der Waals surface area contributed by atoms with E-state index in [-0.39, 0.29) is 0 Å². The first-order chi connectivity index (χ1) is 27.2. The minimum Gasteiger partial charge on any atom is -0.453 e. The lowest BCUT2D eigenvalue weighted by Crippen LogP contribution is -2.15. The second kappa shape index (κ2) is 12.9. The molecule has 1 aliphatic rings. The first-order valence-corrected chi connectivity index (χ1v) is 17.7. The Labute approximate surface area is 316 Å². The molecule has 0 saturated carbocycles. The van der Waals surface area contributed by atoms with Crippen LogP contribution in [0.2, 0.25) is 0 Å². The molecule has 2 aromatic heterocycles. The van der Waals surface area contributed by atoms with Gasteiger partial charge in [-0.1, -0.05) is 109 Å². The lowest BCUT2D eigenvalue weighted by Gasteiger charge is -2.33. The highest BCUT2D eigenvalue weighted by Crippen LogP contribution is 2.52. The summed E-state index contributed by atoms with van der Waals surface area (Å²) in [6.45, 7) is 0. The van der Waals surface area contributed by atoms with Crippen LogP contribution in [0.4, 0.5) is 17.1 Å². The van der Waals surface area contributed by atoms with Crippen LogP contribution in [0.15, 0.2) is 164 Å². The third-order valence-corrected chi connectivity index (χ3v) is 9.87. The fraction of sp³-hybridized carbons (Fsp3) is 0. The van der Waals surface area contributed by atoms with Gasteiger partial charge in [0.1, 0.15) is 12.1 Å². The molecule has 0 amide bonds. The van der Waals surface area contributed by atoms with Gasteiger partial charge in [0.2, 0.25) is 0 Å². The second-order valence-electron chi connectivity index (χ2n) is 13.1. The number of fused-ring (bicyclic) bond motifs is 5. The van der Waals surface area contributed by atoms with Crippen LogP contribution in [0.1, 0.15) is 11.1 Å². The Hall–Kier alpha value is -8.07. The third kappa shape index (κ3) is 5.25. The second-order valence-corrected chi connectivity index (χ2v) is 13.1. The van der Waals surface area contributed by atoms with Crippen LogP contribution in [0.25, 0.3) is 61.7 Å². The van der Waals surface area contributed by atoms with E-state index in [9.17, 15) is 10.5 Å². The van der Waals surface area contributed by atoms with E-state index in [1.807, 2.05) is 126 Å². The molecule has 8 heteroatoms. The molecule has 3 heterocycles. The van der Waals surface area contributed by atoms with E-state index in [0.717, 1.165) is 55.7 Å². The van der Waals surface area contributed by atoms with Crippen LogP contribution in [-0.2, 0) is 0 Å². The van der Waals surface area contributed by atoms with E-state index in [1.165, 1.54) is 0 Å². The van der Waals surface area contributed by atoms with Crippen molar-refractivity contribution in [3.05, 3.63) is 175 Å². The molecule has 0 saturated heterocycles. The number of nitriles is 2. The summed E-state index contributed by atoms with van der Waals surface area (Å²) in [4.78, 5) is 16.8. The van der Waals surface area contributed by atoms with Crippen molar-refractivity contribution < 1.29 is 4.74 Å². The summed E-state index contributed by atoms with van der Waals surface area (Å²) in [5.41, 5.74) is 7.72. The summed E-state index contributed by atoms with van der Waals surface area (Å²) in [5, 5.41) is 23.6. The smallest absolute Gasteiger partial charge is 0.164 e. The molecular formula is C47H27N7O.